The number of thiophene rings is 1. The minimum Gasteiger partial charge on any atom is -0.307 e. The zero-order valence-electron chi connectivity index (χ0n) is 13.5. The first-order chi connectivity index (χ1) is 11.2. The van der Waals surface area contributed by atoms with Crippen molar-refractivity contribution >= 4 is 37.6 Å². The Bertz CT molecular complexity index is 884. The van der Waals surface area contributed by atoms with E-state index in [4.69, 9.17) is 10.8 Å². The van der Waals surface area contributed by atoms with E-state index in [0.717, 1.165) is 34.3 Å². The van der Waals surface area contributed by atoms with Crippen molar-refractivity contribution in [2.75, 3.05) is 5.43 Å². The molecule has 0 radical (unpaired) electrons. The van der Waals surface area contributed by atoms with Gasteiger partial charge in [0.1, 0.15) is 11.2 Å². The summed E-state index contributed by atoms with van der Waals surface area (Å²) in [5.41, 5.74) is 7.90. The van der Waals surface area contributed by atoms with E-state index in [1.165, 1.54) is 35.0 Å². The third-order valence-corrected chi connectivity index (χ3v) is 5.63. The topological polar surface area (TPSA) is 76.7 Å². The lowest BCUT2D eigenvalue weighted by Gasteiger charge is -2.20. The van der Waals surface area contributed by atoms with Crippen LogP contribution in [0.2, 0.25) is 0 Å². The SMILES string of the molecule is CC(C)Cc1nc2sc3c(NN)ncnc3c2c2c1CCCC2. The highest BCUT2D eigenvalue weighted by molar-refractivity contribution is 7.26. The van der Waals surface area contributed by atoms with Crippen LogP contribution in [0.25, 0.3) is 20.4 Å². The maximum atomic E-state index is 5.62. The maximum Gasteiger partial charge on any atom is 0.161 e. The van der Waals surface area contributed by atoms with E-state index in [1.807, 2.05) is 0 Å². The molecule has 6 heteroatoms. The number of hydrogen-bond donors (Lipinski definition) is 2. The summed E-state index contributed by atoms with van der Waals surface area (Å²) in [6, 6.07) is 0. The zero-order chi connectivity index (χ0) is 16.0. The van der Waals surface area contributed by atoms with Gasteiger partial charge in [0.05, 0.1) is 10.2 Å². The number of aromatic nitrogens is 3. The van der Waals surface area contributed by atoms with Crippen molar-refractivity contribution in [2.45, 2.75) is 46.0 Å². The second-order valence-electron chi connectivity index (χ2n) is 6.65. The van der Waals surface area contributed by atoms with Gasteiger partial charge in [-0.25, -0.2) is 20.8 Å². The van der Waals surface area contributed by atoms with Crippen molar-refractivity contribution in [3.8, 4) is 0 Å². The van der Waals surface area contributed by atoms with E-state index in [-0.39, 0.29) is 0 Å². The van der Waals surface area contributed by atoms with Crippen molar-refractivity contribution in [2.24, 2.45) is 11.8 Å². The van der Waals surface area contributed by atoms with Gasteiger partial charge in [0.15, 0.2) is 5.82 Å². The molecule has 0 spiro atoms. The van der Waals surface area contributed by atoms with Crippen molar-refractivity contribution in [3.63, 3.8) is 0 Å². The van der Waals surface area contributed by atoms with Crippen molar-refractivity contribution in [3.05, 3.63) is 23.1 Å². The van der Waals surface area contributed by atoms with Gasteiger partial charge in [-0.2, -0.15) is 0 Å². The number of hydrogen-bond acceptors (Lipinski definition) is 6. The molecule has 23 heavy (non-hydrogen) atoms. The second-order valence-corrected chi connectivity index (χ2v) is 7.65. The highest BCUT2D eigenvalue weighted by atomic mass is 32.1. The summed E-state index contributed by atoms with van der Waals surface area (Å²) < 4.78 is 1.01. The summed E-state index contributed by atoms with van der Waals surface area (Å²) in [6.45, 7) is 4.52. The van der Waals surface area contributed by atoms with Gasteiger partial charge in [-0.3, -0.25) is 0 Å². The van der Waals surface area contributed by atoms with E-state index < -0.39 is 0 Å². The molecule has 0 bridgehead atoms. The van der Waals surface area contributed by atoms with Crippen LogP contribution in [0.15, 0.2) is 6.33 Å². The Morgan fingerprint density at radius 2 is 2.00 bits per heavy atom. The number of fused-ring (bicyclic) bond motifs is 5. The summed E-state index contributed by atoms with van der Waals surface area (Å²) in [4.78, 5) is 14.9. The van der Waals surface area contributed by atoms with E-state index >= 15 is 0 Å². The maximum absolute atomic E-state index is 5.62. The molecule has 1 aliphatic carbocycles. The predicted octanol–water partition coefficient (Wildman–Crippen LogP) is 3.60. The molecule has 0 saturated heterocycles. The molecule has 3 aromatic rings. The molecule has 1 aliphatic rings. The predicted molar refractivity (Wildman–Crippen MR) is 95.7 cm³/mol. The van der Waals surface area contributed by atoms with Crippen molar-refractivity contribution in [1.29, 1.82) is 0 Å². The minimum absolute atomic E-state index is 0.612. The monoisotopic (exact) mass is 327 g/mol. The van der Waals surface area contributed by atoms with Gasteiger partial charge in [0.25, 0.3) is 0 Å². The summed E-state index contributed by atoms with van der Waals surface area (Å²) in [5.74, 6) is 6.92. The van der Waals surface area contributed by atoms with Crippen LogP contribution < -0.4 is 11.3 Å². The number of pyridine rings is 1. The molecule has 3 heterocycles. The summed E-state index contributed by atoms with van der Waals surface area (Å²) in [6.07, 6.45) is 7.40. The number of nitrogens with one attached hydrogen (secondary N) is 1. The van der Waals surface area contributed by atoms with Crippen LogP contribution >= 0.6 is 11.3 Å². The molecule has 0 atom stereocenters. The Kier molecular flexibility index (Phi) is 3.66. The van der Waals surface area contributed by atoms with Crippen molar-refractivity contribution < 1.29 is 0 Å². The fraction of sp³-hybridized carbons (Fsp3) is 0.471. The molecule has 0 aromatic carbocycles. The molecule has 3 aromatic heterocycles. The highest BCUT2D eigenvalue weighted by Crippen LogP contribution is 2.40. The van der Waals surface area contributed by atoms with Gasteiger partial charge in [0, 0.05) is 11.1 Å². The van der Waals surface area contributed by atoms with E-state index in [0.29, 0.717) is 11.7 Å². The summed E-state index contributed by atoms with van der Waals surface area (Å²) in [7, 11) is 0. The van der Waals surface area contributed by atoms with Gasteiger partial charge < -0.3 is 5.43 Å². The Balaban J connectivity index is 2.07. The molecule has 4 rings (SSSR count). The fourth-order valence-electron chi connectivity index (χ4n) is 3.60. The smallest absolute Gasteiger partial charge is 0.161 e. The molecular formula is C17H21N5S. The number of hydrazine groups is 1. The lowest BCUT2D eigenvalue weighted by atomic mass is 9.87. The van der Waals surface area contributed by atoms with Gasteiger partial charge >= 0.3 is 0 Å². The minimum atomic E-state index is 0.612. The van der Waals surface area contributed by atoms with Gasteiger partial charge in [-0.1, -0.05) is 13.8 Å². The van der Waals surface area contributed by atoms with E-state index in [1.54, 1.807) is 17.7 Å². The zero-order valence-corrected chi connectivity index (χ0v) is 14.3. The number of nitrogens with two attached hydrogens (primary N) is 1. The molecule has 0 aliphatic heterocycles. The molecule has 0 saturated carbocycles. The largest absolute Gasteiger partial charge is 0.307 e. The number of anilines is 1. The average molecular weight is 327 g/mol. The molecule has 0 fully saturated rings. The van der Waals surface area contributed by atoms with Crippen LogP contribution in [-0.2, 0) is 19.3 Å². The lowest BCUT2D eigenvalue weighted by Crippen LogP contribution is -2.11. The normalized spacial score (nSPS) is 14.6. The van der Waals surface area contributed by atoms with Gasteiger partial charge in [-0.05, 0) is 49.1 Å². The van der Waals surface area contributed by atoms with Crippen LogP contribution in [0.4, 0.5) is 5.82 Å². The Morgan fingerprint density at radius 1 is 1.22 bits per heavy atom. The van der Waals surface area contributed by atoms with Gasteiger partial charge in [0.2, 0.25) is 0 Å². The van der Waals surface area contributed by atoms with Crippen LogP contribution in [0.1, 0.15) is 43.5 Å². The number of nitrogen functional groups attached to an aromatic ring is 1. The first kappa shape index (κ1) is 14.8. The quantitative estimate of drug-likeness (QED) is 0.568. The lowest BCUT2D eigenvalue weighted by molar-refractivity contribution is 0.615. The Hall–Kier alpha value is -1.79. The highest BCUT2D eigenvalue weighted by Gasteiger charge is 2.23. The molecule has 3 N–H and O–H groups in total. The number of nitrogens with zero attached hydrogens (tertiary/aromatic N) is 3. The van der Waals surface area contributed by atoms with Crippen LogP contribution in [0.5, 0.6) is 0 Å². The number of aryl methyl sites for hydroxylation is 1. The molecule has 0 amide bonds. The van der Waals surface area contributed by atoms with Crippen LogP contribution in [0.3, 0.4) is 0 Å². The van der Waals surface area contributed by atoms with Crippen molar-refractivity contribution in [1.82, 2.24) is 15.0 Å². The van der Waals surface area contributed by atoms with E-state index in [2.05, 4.69) is 29.2 Å². The van der Waals surface area contributed by atoms with E-state index in [9.17, 15) is 0 Å². The Morgan fingerprint density at radius 3 is 2.74 bits per heavy atom. The Labute approximate surface area is 139 Å². The first-order valence-corrected chi connectivity index (χ1v) is 9.05. The van der Waals surface area contributed by atoms with Gasteiger partial charge in [-0.15, -0.1) is 11.3 Å². The van der Waals surface area contributed by atoms with Crippen LogP contribution in [-0.4, -0.2) is 15.0 Å². The summed E-state index contributed by atoms with van der Waals surface area (Å²) in [5, 5.41) is 1.23. The standard InChI is InChI=1S/C17H21N5S/c1-9(2)7-12-10-5-3-4-6-11(10)13-14-15(23-17(13)21-12)16(22-18)20-8-19-14/h8-9H,3-7,18H2,1-2H3,(H,19,20,22). The molecule has 120 valence electrons. The molecular weight excluding hydrogens is 306 g/mol. The molecule has 0 unspecified atom stereocenters. The average Bonchev–Trinajstić information content (AvgIpc) is 2.92. The third kappa shape index (κ3) is 2.37. The number of rotatable bonds is 3. The van der Waals surface area contributed by atoms with Crippen LogP contribution in [0, 0.1) is 5.92 Å². The second kappa shape index (κ2) is 5.69. The first-order valence-electron chi connectivity index (χ1n) is 8.23. The summed E-state index contributed by atoms with van der Waals surface area (Å²) >= 11 is 1.65. The third-order valence-electron chi connectivity index (χ3n) is 4.55. The fourth-order valence-corrected chi connectivity index (χ4v) is 4.73. The molecule has 5 nitrogen and oxygen atoms in total.